The van der Waals surface area contributed by atoms with Crippen molar-refractivity contribution in [2.45, 2.75) is 0 Å². The lowest BCUT2D eigenvalue weighted by Gasteiger charge is -2.13. The number of hydrogen-bond donors (Lipinski definition) is 2. The minimum atomic E-state index is -0.209. The van der Waals surface area contributed by atoms with Gasteiger partial charge in [-0.25, -0.2) is 0 Å². The second-order valence-electron chi connectivity index (χ2n) is 7.49. The van der Waals surface area contributed by atoms with Crippen molar-refractivity contribution in [3.63, 3.8) is 0 Å². The summed E-state index contributed by atoms with van der Waals surface area (Å²) in [6, 6.07) is 19.3. The summed E-state index contributed by atoms with van der Waals surface area (Å²) in [7, 11) is 4.74. The van der Waals surface area contributed by atoms with E-state index in [9.17, 15) is 4.79 Å². The van der Waals surface area contributed by atoms with Gasteiger partial charge in [0.2, 0.25) is 11.7 Å². The fraction of sp³-hybridized carbons (Fsp3) is 0.107. The maximum atomic E-state index is 12.6. The Labute approximate surface area is 198 Å². The molecule has 0 spiro atoms. The van der Waals surface area contributed by atoms with E-state index in [1.54, 1.807) is 21.3 Å². The fourth-order valence-corrected chi connectivity index (χ4v) is 3.71. The van der Waals surface area contributed by atoms with E-state index in [4.69, 9.17) is 14.2 Å². The number of aromatic nitrogens is 1. The number of amides is 1. The number of fused-ring (bicyclic) bond motifs is 1. The molecule has 0 aliphatic heterocycles. The van der Waals surface area contributed by atoms with Gasteiger partial charge in [-0.3, -0.25) is 4.79 Å². The number of rotatable bonds is 8. The second-order valence-corrected chi connectivity index (χ2v) is 7.49. The first-order valence-corrected chi connectivity index (χ1v) is 10.7. The molecule has 0 radical (unpaired) electrons. The van der Waals surface area contributed by atoms with E-state index in [1.165, 1.54) is 6.08 Å². The highest BCUT2D eigenvalue weighted by Gasteiger charge is 2.12. The molecule has 1 heterocycles. The molecule has 0 atom stereocenters. The van der Waals surface area contributed by atoms with E-state index in [2.05, 4.69) is 10.3 Å². The molecule has 172 valence electrons. The lowest BCUT2D eigenvalue weighted by Crippen LogP contribution is -2.08. The van der Waals surface area contributed by atoms with Gasteiger partial charge in [0, 0.05) is 28.9 Å². The lowest BCUT2D eigenvalue weighted by molar-refractivity contribution is -0.111. The van der Waals surface area contributed by atoms with Crippen LogP contribution in [0.2, 0.25) is 0 Å². The fourth-order valence-electron chi connectivity index (χ4n) is 3.71. The van der Waals surface area contributed by atoms with Crippen molar-refractivity contribution >= 4 is 40.7 Å². The molecule has 0 aliphatic rings. The summed E-state index contributed by atoms with van der Waals surface area (Å²) >= 11 is 0. The molecular formula is C28H26N2O4. The van der Waals surface area contributed by atoms with Gasteiger partial charge < -0.3 is 24.5 Å². The molecule has 2 N–H and O–H groups in total. The largest absolute Gasteiger partial charge is 0.493 e. The third-order valence-corrected chi connectivity index (χ3v) is 5.40. The molecule has 0 aliphatic carbocycles. The van der Waals surface area contributed by atoms with E-state index in [-0.39, 0.29) is 5.91 Å². The lowest BCUT2D eigenvalue weighted by atomic mass is 10.1. The molecule has 34 heavy (non-hydrogen) atoms. The molecule has 6 nitrogen and oxygen atoms in total. The van der Waals surface area contributed by atoms with E-state index >= 15 is 0 Å². The first kappa shape index (κ1) is 22.7. The summed E-state index contributed by atoms with van der Waals surface area (Å²) in [6.45, 7) is 0. The van der Waals surface area contributed by atoms with E-state index in [0.29, 0.717) is 22.9 Å². The zero-order chi connectivity index (χ0) is 23.9. The van der Waals surface area contributed by atoms with Crippen LogP contribution in [-0.2, 0) is 4.79 Å². The highest BCUT2D eigenvalue weighted by atomic mass is 16.5. The topological polar surface area (TPSA) is 72.6 Å². The van der Waals surface area contributed by atoms with E-state index < -0.39 is 0 Å². The van der Waals surface area contributed by atoms with E-state index in [1.807, 2.05) is 85.1 Å². The number of methoxy groups -OCH3 is 3. The summed E-state index contributed by atoms with van der Waals surface area (Å²) in [6.07, 6.45) is 9.09. The Morgan fingerprint density at radius 2 is 1.53 bits per heavy atom. The monoisotopic (exact) mass is 454 g/mol. The Morgan fingerprint density at radius 1 is 0.824 bits per heavy atom. The van der Waals surface area contributed by atoms with Crippen molar-refractivity contribution in [3.8, 4) is 17.2 Å². The van der Waals surface area contributed by atoms with Crippen LogP contribution in [0.3, 0.4) is 0 Å². The summed E-state index contributed by atoms with van der Waals surface area (Å²) in [5, 5.41) is 4.03. The van der Waals surface area contributed by atoms with Gasteiger partial charge in [0.05, 0.1) is 21.3 Å². The Balaban J connectivity index is 1.53. The molecule has 1 aromatic heterocycles. The molecule has 1 amide bonds. The van der Waals surface area contributed by atoms with Gasteiger partial charge in [0.25, 0.3) is 0 Å². The van der Waals surface area contributed by atoms with Crippen molar-refractivity contribution < 1.29 is 19.0 Å². The van der Waals surface area contributed by atoms with Gasteiger partial charge in [-0.15, -0.1) is 0 Å². The number of para-hydroxylation sites is 2. The summed E-state index contributed by atoms with van der Waals surface area (Å²) < 4.78 is 16.2. The number of nitrogens with one attached hydrogen (secondary N) is 2. The van der Waals surface area contributed by atoms with E-state index in [0.717, 1.165) is 27.6 Å². The number of H-pyrrole nitrogens is 1. The number of carbonyl (C=O) groups excluding carboxylic acids is 1. The molecule has 4 rings (SSSR count). The van der Waals surface area contributed by atoms with Crippen molar-refractivity contribution in [2.75, 3.05) is 26.6 Å². The number of carbonyl (C=O) groups is 1. The zero-order valence-corrected chi connectivity index (χ0v) is 19.3. The number of anilines is 1. The Morgan fingerprint density at radius 3 is 2.26 bits per heavy atom. The average Bonchev–Trinajstić information content (AvgIpc) is 3.29. The van der Waals surface area contributed by atoms with Crippen LogP contribution in [-0.4, -0.2) is 32.2 Å². The standard InChI is InChI=1S/C28H26N2O4/c1-32-25-16-19(17-26(33-2)28(25)34-3)12-13-20-8-4-6-10-23(20)30-27(31)15-14-21-18-29-24-11-7-5-9-22(21)24/h4-18,29H,1-3H3,(H,30,31)/b13-12?,15-14+. The Hall–Kier alpha value is -4.45. The van der Waals surface area contributed by atoms with Crippen molar-refractivity contribution in [1.29, 1.82) is 0 Å². The maximum Gasteiger partial charge on any atom is 0.248 e. The summed E-state index contributed by atoms with van der Waals surface area (Å²) in [5.74, 6) is 1.48. The molecule has 3 aromatic carbocycles. The minimum absolute atomic E-state index is 0.209. The van der Waals surface area contributed by atoms with Crippen molar-refractivity contribution in [1.82, 2.24) is 4.98 Å². The SMILES string of the molecule is COc1cc(C=Cc2ccccc2NC(=O)/C=C/c2c[nH]c3ccccc23)cc(OC)c1OC. The quantitative estimate of drug-likeness (QED) is 0.252. The number of benzene rings is 3. The van der Waals surface area contributed by atoms with Crippen molar-refractivity contribution in [2.24, 2.45) is 0 Å². The molecule has 0 bridgehead atoms. The smallest absolute Gasteiger partial charge is 0.248 e. The van der Waals surface area contributed by atoms with Crippen LogP contribution in [0.25, 0.3) is 29.1 Å². The minimum Gasteiger partial charge on any atom is -0.493 e. The van der Waals surface area contributed by atoms with Crippen molar-refractivity contribution in [3.05, 3.63) is 89.6 Å². The first-order valence-electron chi connectivity index (χ1n) is 10.7. The van der Waals surface area contributed by atoms with Gasteiger partial charge in [-0.05, 0) is 47.0 Å². The summed E-state index contributed by atoms with van der Waals surface area (Å²) in [5.41, 5.74) is 4.44. The normalized spacial score (nSPS) is 11.3. The molecule has 0 saturated carbocycles. The number of hydrogen-bond acceptors (Lipinski definition) is 4. The first-order chi connectivity index (χ1) is 16.6. The molecule has 0 unspecified atom stereocenters. The molecule has 0 fully saturated rings. The van der Waals surface area contributed by atoms with Crippen LogP contribution in [0, 0.1) is 0 Å². The predicted molar refractivity (Wildman–Crippen MR) is 137 cm³/mol. The van der Waals surface area contributed by atoms with Gasteiger partial charge in [-0.1, -0.05) is 48.6 Å². The average molecular weight is 455 g/mol. The number of aromatic amines is 1. The van der Waals surface area contributed by atoms with Gasteiger partial charge in [0.1, 0.15) is 0 Å². The van der Waals surface area contributed by atoms with Gasteiger partial charge in [-0.2, -0.15) is 0 Å². The van der Waals surface area contributed by atoms with Crippen LogP contribution in [0.15, 0.2) is 72.9 Å². The highest BCUT2D eigenvalue weighted by molar-refractivity contribution is 6.04. The Kier molecular flexibility index (Phi) is 6.98. The third kappa shape index (κ3) is 4.96. The van der Waals surface area contributed by atoms with Crippen LogP contribution >= 0.6 is 0 Å². The van der Waals surface area contributed by atoms with Crippen LogP contribution in [0.4, 0.5) is 5.69 Å². The predicted octanol–water partition coefficient (Wildman–Crippen LogP) is 6.02. The number of ether oxygens (including phenoxy) is 3. The summed E-state index contributed by atoms with van der Waals surface area (Å²) in [4.78, 5) is 15.8. The van der Waals surface area contributed by atoms with Crippen LogP contribution in [0.1, 0.15) is 16.7 Å². The second kappa shape index (κ2) is 10.4. The maximum absolute atomic E-state index is 12.6. The van der Waals surface area contributed by atoms with Crippen LogP contribution in [0.5, 0.6) is 17.2 Å². The molecule has 0 saturated heterocycles. The highest BCUT2D eigenvalue weighted by Crippen LogP contribution is 2.38. The Bertz CT molecular complexity index is 1340. The third-order valence-electron chi connectivity index (χ3n) is 5.40. The van der Waals surface area contributed by atoms with Crippen LogP contribution < -0.4 is 19.5 Å². The van der Waals surface area contributed by atoms with Gasteiger partial charge in [0.15, 0.2) is 11.5 Å². The molecule has 4 aromatic rings. The molecular weight excluding hydrogens is 428 g/mol. The molecule has 6 heteroatoms. The zero-order valence-electron chi connectivity index (χ0n) is 19.3. The van der Waals surface area contributed by atoms with Gasteiger partial charge >= 0.3 is 0 Å².